The Morgan fingerprint density at radius 1 is 1.00 bits per heavy atom. The number of carboxylic acids is 1. The van der Waals surface area contributed by atoms with Gasteiger partial charge in [0.15, 0.2) is 0 Å². The summed E-state index contributed by atoms with van der Waals surface area (Å²) in [6.07, 6.45) is -9.96. The lowest BCUT2D eigenvalue weighted by Gasteiger charge is -2.17. The van der Waals surface area contributed by atoms with E-state index >= 15 is 0 Å². The second-order valence-electron chi connectivity index (χ2n) is 4.35. The van der Waals surface area contributed by atoms with Crippen molar-refractivity contribution in [3.8, 4) is 0 Å². The van der Waals surface area contributed by atoms with Gasteiger partial charge in [-0.25, -0.2) is 4.79 Å². The Balaban J connectivity index is 2.50. The Morgan fingerprint density at radius 3 is 2.17 bits per heavy atom. The quantitative estimate of drug-likeness (QED) is 0.742. The van der Waals surface area contributed by atoms with Crippen LogP contribution < -0.4 is 5.32 Å². The lowest BCUT2D eigenvalue weighted by atomic mass is 10.1. The van der Waals surface area contributed by atoms with E-state index in [9.17, 15) is 31.1 Å². The van der Waals surface area contributed by atoms with Gasteiger partial charge in [-0.2, -0.15) is 26.3 Å². The Morgan fingerprint density at radius 2 is 1.65 bits per heavy atom. The SMILES string of the molecule is O=C(O)c1sccc1Nc1ccc(C(F)(F)F)cc1C(F)(F)F. The molecule has 23 heavy (non-hydrogen) atoms. The predicted molar refractivity (Wildman–Crippen MR) is 71.0 cm³/mol. The van der Waals surface area contributed by atoms with Crippen LogP contribution >= 0.6 is 11.3 Å². The second kappa shape index (κ2) is 5.76. The molecule has 0 saturated heterocycles. The molecule has 3 nitrogen and oxygen atoms in total. The minimum absolute atomic E-state index is 0.0187. The van der Waals surface area contributed by atoms with E-state index < -0.39 is 35.1 Å². The van der Waals surface area contributed by atoms with Crippen LogP contribution in [0.25, 0.3) is 0 Å². The Kier molecular flexibility index (Phi) is 4.29. The number of hydrogen-bond acceptors (Lipinski definition) is 3. The summed E-state index contributed by atoms with van der Waals surface area (Å²) in [6, 6.07) is 2.32. The average molecular weight is 355 g/mol. The molecule has 10 heteroatoms. The zero-order valence-corrected chi connectivity index (χ0v) is 11.7. The van der Waals surface area contributed by atoms with Gasteiger partial charge in [0.25, 0.3) is 0 Å². The number of carbonyl (C=O) groups is 1. The zero-order chi connectivity index (χ0) is 17.4. The number of nitrogens with one attached hydrogen (secondary N) is 1. The maximum atomic E-state index is 13.0. The van der Waals surface area contributed by atoms with Gasteiger partial charge in [0, 0.05) is 0 Å². The molecule has 2 rings (SSSR count). The molecule has 0 atom stereocenters. The van der Waals surface area contributed by atoms with Crippen LogP contribution in [0.15, 0.2) is 29.6 Å². The highest BCUT2D eigenvalue weighted by Gasteiger charge is 2.38. The number of benzene rings is 1. The highest BCUT2D eigenvalue weighted by molar-refractivity contribution is 7.12. The number of alkyl halides is 6. The van der Waals surface area contributed by atoms with Crippen LogP contribution in [-0.2, 0) is 12.4 Å². The zero-order valence-electron chi connectivity index (χ0n) is 10.9. The van der Waals surface area contributed by atoms with E-state index in [0.717, 1.165) is 11.3 Å². The minimum atomic E-state index is -5.04. The van der Waals surface area contributed by atoms with Crippen LogP contribution in [0.1, 0.15) is 20.8 Å². The predicted octanol–water partition coefficient (Wildman–Crippen LogP) is 5.23. The number of aromatic carboxylic acids is 1. The molecule has 1 aromatic heterocycles. The Labute approximate surface area is 129 Å². The highest BCUT2D eigenvalue weighted by atomic mass is 32.1. The normalized spacial score (nSPS) is 12.3. The molecule has 0 aliphatic carbocycles. The van der Waals surface area contributed by atoms with Crippen molar-refractivity contribution in [1.29, 1.82) is 0 Å². The number of halogens is 6. The number of carboxylic acid groups (broad SMARTS) is 1. The van der Waals surface area contributed by atoms with Gasteiger partial charge in [-0.1, -0.05) is 0 Å². The van der Waals surface area contributed by atoms with E-state index in [1.807, 2.05) is 0 Å². The lowest BCUT2D eigenvalue weighted by Crippen LogP contribution is -2.13. The summed E-state index contributed by atoms with van der Waals surface area (Å²) in [6.45, 7) is 0. The van der Waals surface area contributed by atoms with E-state index in [2.05, 4.69) is 5.32 Å². The molecule has 1 heterocycles. The van der Waals surface area contributed by atoms with Crippen molar-refractivity contribution in [3.05, 3.63) is 45.6 Å². The smallest absolute Gasteiger partial charge is 0.418 e. The number of thiophene rings is 1. The van der Waals surface area contributed by atoms with Gasteiger partial charge in [0.1, 0.15) is 4.88 Å². The second-order valence-corrected chi connectivity index (χ2v) is 5.27. The van der Waals surface area contributed by atoms with Gasteiger partial charge in [-0.15, -0.1) is 11.3 Å². The van der Waals surface area contributed by atoms with Gasteiger partial charge >= 0.3 is 18.3 Å². The molecule has 0 bridgehead atoms. The van der Waals surface area contributed by atoms with E-state index in [1.165, 1.54) is 11.4 Å². The van der Waals surface area contributed by atoms with Crippen LogP contribution in [0.2, 0.25) is 0 Å². The fourth-order valence-electron chi connectivity index (χ4n) is 1.78. The first-order valence-electron chi connectivity index (χ1n) is 5.86. The van der Waals surface area contributed by atoms with Crippen LogP contribution in [0.3, 0.4) is 0 Å². The minimum Gasteiger partial charge on any atom is -0.477 e. The van der Waals surface area contributed by atoms with E-state index in [0.29, 0.717) is 12.1 Å². The maximum Gasteiger partial charge on any atom is 0.418 e. The van der Waals surface area contributed by atoms with Gasteiger partial charge < -0.3 is 10.4 Å². The summed E-state index contributed by atoms with van der Waals surface area (Å²) in [7, 11) is 0. The molecule has 0 spiro atoms. The van der Waals surface area contributed by atoms with Gasteiger partial charge in [0.2, 0.25) is 0 Å². The number of anilines is 2. The molecule has 0 unspecified atom stereocenters. The molecule has 0 amide bonds. The molecule has 0 fully saturated rings. The summed E-state index contributed by atoms with van der Waals surface area (Å²) >= 11 is 0.774. The molecule has 0 saturated carbocycles. The largest absolute Gasteiger partial charge is 0.477 e. The van der Waals surface area contributed by atoms with Crippen molar-refractivity contribution in [3.63, 3.8) is 0 Å². The van der Waals surface area contributed by atoms with Crippen LogP contribution in [0, 0.1) is 0 Å². The fraction of sp³-hybridized carbons (Fsp3) is 0.154. The van der Waals surface area contributed by atoms with Crippen molar-refractivity contribution in [2.24, 2.45) is 0 Å². The first-order valence-corrected chi connectivity index (χ1v) is 6.74. The maximum absolute atomic E-state index is 13.0. The first kappa shape index (κ1) is 17.1. The monoisotopic (exact) mass is 355 g/mol. The molecular formula is C13H7F6NO2S. The first-order chi connectivity index (χ1) is 10.5. The standard InChI is InChI=1S/C13H7F6NO2S/c14-12(15,16)6-1-2-8(7(5-6)13(17,18)19)20-9-3-4-23-10(9)11(21)22/h1-5,20H,(H,21,22). The van der Waals surface area contributed by atoms with Crippen molar-refractivity contribution in [2.75, 3.05) is 5.32 Å². The summed E-state index contributed by atoms with van der Waals surface area (Å²) < 4.78 is 76.7. The molecular weight excluding hydrogens is 348 g/mol. The summed E-state index contributed by atoms with van der Waals surface area (Å²) in [5.41, 5.74) is -3.77. The number of rotatable bonds is 3. The molecule has 2 aromatic rings. The van der Waals surface area contributed by atoms with Crippen LogP contribution in [0.4, 0.5) is 37.7 Å². The average Bonchev–Trinajstić information content (AvgIpc) is 2.85. The topological polar surface area (TPSA) is 49.3 Å². The Hall–Kier alpha value is -2.23. The molecule has 1 aromatic carbocycles. The molecule has 124 valence electrons. The van der Waals surface area contributed by atoms with E-state index in [1.54, 1.807) is 0 Å². The van der Waals surface area contributed by atoms with E-state index in [4.69, 9.17) is 5.11 Å². The fourth-order valence-corrected chi connectivity index (χ4v) is 2.47. The van der Waals surface area contributed by atoms with Crippen LogP contribution in [-0.4, -0.2) is 11.1 Å². The summed E-state index contributed by atoms with van der Waals surface area (Å²) in [4.78, 5) is 10.7. The van der Waals surface area contributed by atoms with Crippen molar-refractivity contribution < 1.29 is 36.2 Å². The molecule has 2 N–H and O–H groups in total. The highest BCUT2D eigenvalue weighted by Crippen LogP contribution is 2.40. The third kappa shape index (κ3) is 3.76. The third-order valence-electron chi connectivity index (χ3n) is 2.78. The van der Waals surface area contributed by atoms with Crippen LogP contribution in [0.5, 0.6) is 0 Å². The molecule has 0 radical (unpaired) electrons. The molecule has 0 aliphatic rings. The van der Waals surface area contributed by atoms with Gasteiger partial charge in [-0.05, 0) is 29.6 Å². The Bertz CT molecular complexity index is 735. The van der Waals surface area contributed by atoms with E-state index in [-0.39, 0.29) is 16.6 Å². The molecule has 0 aliphatic heterocycles. The lowest BCUT2D eigenvalue weighted by molar-refractivity contribution is -0.142. The summed E-state index contributed by atoms with van der Waals surface area (Å²) in [5, 5.41) is 12.5. The van der Waals surface area contributed by atoms with Crippen molar-refractivity contribution in [1.82, 2.24) is 0 Å². The third-order valence-corrected chi connectivity index (χ3v) is 3.68. The van der Waals surface area contributed by atoms with Gasteiger partial charge in [0.05, 0.1) is 22.5 Å². The number of hydrogen-bond donors (Lipinski definition) is 2. The van der Waals surface area contributed by atoms with Crippen molar-refractivity contribution in [2.45, 2.75) is 12.4 Å². The van der Waals surface area contributed by atoms with Gasteiger partial charge in [-0.3, -0.25) is 0 Å². The summed E-state index contributed by atoms with van der Waals surface area (Å²) in [5.74, 6) is -1.36. The van der Waals surface area contributed by atoms with Crippen molar-refractivity contribution >= 4 is 28.7 Å².